The van der Waals surface area contributed by atoms with Crippen molar-refractivity contribution < 1.29 is 76.5 Å². The molecule has 0 bridgehead atoms. The van der Waals surface area contributed by atoms with E-state index in [0.717, 1.165) is 17.3 Å². The quantitative estimate of drug-likeness (QED) is 0.0290. The van der Waals surface area contributed by atoms with Gasteiger partial charge in [-0.05, 0) is 162 Å². The van der Waals surface area contributed by atoms with Crippen molar-refractivity contribution in [3.63, 3.8) is 0 Å². The Morgan fingerprint density at radius 3 is 1.22 bits per heavy atom. The number of nitrogens with two attached hydrogens (primary N) is 9. The smallest absolute Gasteiger partial charge is 0.245 e. The van der Waals surface area contributed by atoms with Crippen LogP contribution in [-0.4, -0.2) is 223 Å². The van der Waals surface area contributed by atoms with Crippen molar-refractivity contribution in [3.8, 4) is 34.1 Å². The van der Waals surface area contributed by atoms with E-state index in [1.165, 1.54) is 40.6 Å². The fourth-order valence-corrected chi connectivity index (χ4v) is 13.4. The van der Waals surface area contributed by atoms with Gasteiger partial charge < -0.3 is 129 Å². The van der Waals surface area contributed by atoms with Crippen molar-refractivity contribution in [3.05, 3.63) is 45.6 Å². The SMILES string of the molecule is COc1cc2c(c(OC)c1OC)-c1ccc(OC)c(=O)cc1[C@@H](NC(=O)CSC[C@H](NC(=O)[C@H](CNC(=O)[C@H](CC(C)C)NC(=O)[C@H](CNC(=O)[C@@H](N)CCCCN)NC(=O)[C@@H](N)CCCCN)NC(=O)[C@H](CC(C)C)NC(=O)[C@H](CNC(=O)[C@@H](N)CCCCN)NC(=O)[C@@H](N)CCCCN)C(=O)N[C@@H](CC(C)C)C(N)=O)CC2. The van der Waals surface area contributed by atoms with Gasteiger partial charge in [-0.1, -0.05) is 73.3 Å². The molecule has 0 unspecified atom stereocenters. The lowest BCUT2D eigenvalue weighted by molar-refractivity contribution is -0.135. The molecule has 0 heterocycles. The van der Waals surface area contributed by atoms with Crippen LogP contribution in [0, 0.1) is 17.8 Å². The van der Waals surface area contributed by atoms with Crippen molar-refractivity contribution in [1.29, 1.82) is 0 Å². The van der Waals surface area contributed by atoms with Crippen molar-refractivity contribution >= 4 is 82.6 Å². The second-order valence-electron chi connectivity index (χ2n) is 29.7. The zero-order chi connectivity index (χ0) is 85.3. The lowest BCUT2D eigenvalue weighted by Crippen LogP contribution is -2.63. The van der Waals surface area contributed by atoms with Crippen LogP contribution in [0.25, 0.3) is 11.1 Å². The molecule has 12 atom stereocenters. The van der Waals surface area contributed by atoms with Crippen molar-refractivity contribution in [2.45, 2.75) is 223 Å². The molecular weight excluding hydrogens is 1500 g/mol. The van der Waals surface area contributed by atoms with Crippen molar-refractivity contribution in [2.24, 2.45) is 69.4 Å². The number of nitrogens with one attached hydrogen (secondary N) is 11. The van der Waals surface area contributed by atoms with Gasteiger partial charge in [0.1, 0.15) is 42.3 Å². The highest BCUT2D eigenvalue weighted by Crippen LogP contribution is 2.50. The summed E-state index contributed by atoms with van der Waals surface area (Å²) in [6, 6.07) is -9.91. The van der Waals surface area contributed by atoms with E-state index in [-0.39, 0.29) is 74.7 Å². The minimum absolute atomic E-state index is 0.00532. The highest BCUT2D eigenvalue weighted by atomic mass is 32.2. The molecule has 0 saturated carbocycles. The van der Waals surface area contributed by atoms with Crippen molar-refractivity contribution in [2.75, 3.05) is 85.8 Å². The molecule has 1 aliphatic carbocycles. The molecule has 0 radical (unpaired) electrons. The minimum Gasteiger partial charge on any atom is -0.493 e. The monoisotopic (exact) mass is 1630 g/mol. The average Bonchev–Trinajstić information content (AvgIpc) is 1.56. The molecule has 0 saturated heterocycles. The van der Waals surface area contributed by atoms with Crippen LogP contribution >= 0.6 is 11.8 Å². The van der Waals surface area contributed by atoms with Gasteiger partial charge >= 0.3 is 0 Å². The standard InChI is InChI=1S/C76H130N20O17S/c1-41(2)31-52(66(85)99)90-76(109)58(39-114-40-62(98)89-51-25-23-44-34-61(111-8)64(112-9)65(113-10)63(44)45-24-26-60(110-7)59(97)35-46(45)51)96-75(108)57(95-72(105)54(33-43(5)6)92-74(107)56(94-70(103)50(84)22-14-18-30-80)37-87-68(101)48(82)20-12-16-28-78)38-88-71(104)53(32-42(3)4)91-73(106)55(93-69(102)49(83)21-13-17-29-79)36-86-67(100)47(81)19-11-15-27-77/h24,26,34-35,41-43,47-58H,11-23,25,27-33,36-40,77-84H2,1-10H3,(H2,85,99)(H,86,100)(H,87,101)(H,88,104)(H,89,98)(H,90,109)(H,91,106)(H,92,107)(H,93,102)(H,94,103)(H,95,105)(H,96,108)/t47-,48-,49-,50-,51-,52-,53-,54-,55-,56-,57-,58-/m0/s1. The number of hydrogen-bond acceptors (Lipinski definition) is 26. The summed E-state index contributed by atoms with van der Waals surface area (Å²) in [7, 11) is 5.72. The third-order valence-corrected chi connectivity index (χ3v) is 19.9. The first-order valence-corrected chi connectivity index (χ1v) is 40.3. The molecule has 2 aromatic carbocycles. The molecular formula is C76H130N20O17S. The predicted octanol–water partition coefficient (Wildman–Crippen LogP) is -3.22. The number of rotatable bonds is 55. The number of aryl methyl sites for hydroxylation is 1. The largest absolute Gasteiger partial charge is 0.493 e. The van der Waals surface area contributed by atoms with Gasteiger partial charge in [0.05, 0.1) is 64.4 Å². The summed E-state index contributed by atoms with van der Waals surface area (Å²) in [5.41, 5.74) is 55.1. The van der Waals surface area contributed by atoms with Gasteiger partial charge in [-0.25, -0.2) is 0 Å². The third-order valence-electron chi connectivity index (χ3n) is 18.8. The van der Waals surface area contributed by atoms with E-state index in [0.29, 0.717) is 112 Å². The zero-order valence-corrected chi connectivity index (χ0v) is 68.7. The van der Waals surface area contributed by atoms with Gasteiger partial charge in [0.15, 0.2) is 17.2 Å². The predicted molar refractivity (Wildman–Crippen MR) is 435 cm³/mol. The van der Waals surface area contributed by atoms with Gasteiger partial charge in [-0.3, -0.25) is 62.3 Å². The maximum absolute atomic E-state index is 15.4. The van der Waals surface area contributed by atoms with E-state index in [2.05, 4.69) is 58.5 Å². The summed E-state index contributed by atoms with van der Waals surface area (Å²) in [6.07, 6.45) is 5.45. The van der Waals surface area contributed by atoms with Gasteiger partial charge in [-0.2, -0.15) is 0 Å². The maximum Gasteiger partial charge on any atom is 0.245 e. The Bertz CT molecular complexity index is 3540. The number of thioether (sulfide) groups is 1. The second kappa shape index (κ2) is 52.5. The average molecular weight is 1630 g/mol. The zero-order valence-electron chi connectivity index (χ0n) is 67.9. The fraction of sp³-hybridized carbons (Fsp3) is 0.671. The van der Waals surface area contributed by atoms with Crippen LogP contribution in [0.2, 0.25) is 0 Å². The third kappa shape index (κ3) is 33.8. The molecule has 642 valence electrons. The summed E-state index contributed by atoms with van der Waals surface area (Å²) in [5, 5.41) is 29.2. The molecule has 3 rings (SSSR count). The molecule has 1 aliphatic rings. The Labute approximate surface area is 672 Å². The molecule has 38 heteroatoms. The number of ether oxygens (including phenoxy) is 4. The number of primary amides is 1. The number of methoxy groups -OCH3 is 4. The lowest BCUT2D eigenvalue weighted by atomic mass is 9.95. The maximum atomic E-state index is 15.4. The van der Waals surface area contributed by atoms with Crippen LogP contribution < -0.4 is 134 Å². The van der Waals surface area contributed by atoms with Crippen LogP contribution in [0.3, 0.4) is 0 Å². The van der Waals surface area contributed by atoms with Gasteiger partial charge in [0, 0.05) is 31.0 Å². The number of fused-ring (bicyclic) bond motifs is 3. The topological polar surface area (TPSA) is 625 Å². The van der Waals surface area contributed by atoms with E-state index in [4.69, 9.17) is 70.6 Å². The number of unbranched alkanes of at least 4 members (excludes halogenated alkanes) is 4. The van der Waals surface area contributed by atoms with E-state index < -0.39 is 186 Å². The number of carbonyl (C=O) groups is 12. The molecule has 2 aromatic rings. The minimum atomic E-state index is -1.92. The summed E-state index contributed by atoms with van der Waals surface area (Å²) >= 11 is 0.863. The Morgan fingerprint density at radius 2 is 0.807 bits per heavy atom. The van der Waals surface area contributed by atoms with Crippen LogP contribution in [0.1, 0.15) is 161 Å². The van der Waals surface area contributed by atoms with E-state index in [1.54, 1.807) is 53.7 Å². The molecule has 37 nitrogen and oxygen atoms in total. The normalized spacial score (nSPS) is 15.3. The lowest BCUT2D eigenvalue weighted by Gasteiger charge is -2.29. The molecule has 0 aromatic heterocycles. The highest BCUT2D eigenvalue weighted by Gasteiger charge is 2.38. The number of carbonyl (C=O) groups excluding carboxylic acids is 12. The van der Waals surface area contributed by atoms with Gasteiger partial charge in [0.2, 0.25) is 82.1 Å². The second-order valence-corrected chi connectivity index (χ2v) is 30.7. The van der Waals surface area contributed by atoms with Crippen LogP contribution in [0.15, 0.2) is 29.1 Å². The molecule has 0 spiro atoms. The van der Waals surface area contributed by atoms with E-state index in [1.807, 2.05) is 0 Å². The van der Waals surface area contributed by atoms with Gasteiger partial charge in [0.25, 0.3) is 0 Å². The Kier molecular flexibility index (Phi) is 45.6. The number of benzene rings is 1. The highest BCUT2D eigenvalue weighted by molar-refractivity contribution is 8.00. The Morgan fingerprint density at radius 1 is 0.439 bits per heavy atom. The number of amides is 12. The molecule has 114 heavy (non-hydrogen) atoms. The summed E-state index contributed by atoms with van der Waals surface area (Å²) < 4.78 is 22.8. The Hall–Kier alpha value is -9.02. The first kappa shape index (κ1) is 99.2. The summed E-state index contributed by atoms with van der Waals surface area (Å²) in [6.45, 7) is 9.95. The first-order chi connectivity index (χ1) is 54.1. The number of hydrogen-bond donors (Lipinski definition) is 20. The van der Waals surface area contributed by atoms with E-state index >= 15 is 9.59 Å². The molecule has 0 aliphatic heterocycles. The van der Waals surface area contributed by atoms with Crippen LogP contribution in [0.5, 0.6) is 23.0 Å². The van der Waals surface area contributed by atoms with Crippen LogP contribution in [-0.2, 0) is 64.0 Å². The molecule has 0 fully saturated rings. The fourth-order valence-electron chi connectivity index (χ4n) is 12.5. The molecule has 29 N–H and O–H groups in total. The van der Waals surface area contributed by atoms with Gasteiger partial charge in [-0.15, -0.1) is 11.8 Å². The van der Waals surface area contributed by atoms with Crippen molar-refractivity contribution in [1.82, 2.24) is 58.5 Å². The van der Waals surface area contributed by atoms with Crippen LogP contribution in [0.4, 0.5) is 0 Å². The summed E-state index contributed by atoms with van der Waals surface area (Å²) in [4.78, 5) is 185. The van der Waals surface area contributed by atoms with E-state index in [9.17, 15) is 52.7 Å². The summed E-state index contributed by atoms with van der Waals surface area (Å²) in [5.74, 6) is -11.3. The molecule has 12 amide bonds. The first-order valence-electron chi connectivity index (χ1n) is 39.1. The Balaban J connectivity index is 2.25.